The lowest BCUT2D eigenvalue weighted by molar-refractivity contribution is -0.137. The quantitative estimate of drug-likeness (QED) is 0.302. The van der Waals surface area contributed by atoms with Crippen LogP contribution in [0.4, 0.5) is 42.0 Å². The lowest BCUT2D eigenvalue weighted by Gasteiger charge is -2.29. The third kappa shape index (κ3) is 6.34. The van der Waals surface area contributed by atoms with Crippen molar-refractivity contribution in [1.29, 1.82) is 0 Å². The highest BCUT2D eigenvalue weighted by Crippen LogP contribution is 2.36. The van der Waals surface area contributed by atoms with Crippen LogP contribution in [0.15, 0.2) is 61.3 Å². The van der Waals surface area contributed by atoms with Gasteiger partial charge in [0.25, 0.3) is 0 Å². The smallest absolute Gasteiger partial charge is 0.382 e. The van der Waals surface area contributed by atoms with Crippen molar-refractivity contribution in [2.24, 2.45) is 0 Å². The van der Waals surface area contributed by atoms with E-state index in [1.807, 2.05) is 19.1 Å². The van der Waals surface area contributed by atoms with Gasteiger partial charge in [-0.15, -0.1) is 6.58 Å². The number of rotatable bonds is 8. The van der Waals surface area contributed by atoms with Crippen LogP contribution in [0.25, 0.3) is 0 Å². The Balaban J connectivity index is 1.56. The van der Waals surface area contributed by atoms with Gasteiger partial charge >= 0.3 is 6.18 Å². The number of aryl methyl sites for hydroxylation is 1. The predicted octanol–water partition coefficient (Wildman–Crippen LogP) is 6.70. The largest absolute Gasteiger partial charge is 0.421 e. The summed E-state index contributed by atoms with van der Waals surface area (Å²) in [6.45, 7) is 8.32. The molecule has 2 heterocycles. The van der Waals surface area contributed by atoms with Gasteiger partial charge < -0.3 is 20.9 Å². The van der Waals surface area contributed by atoms with Gasteiger partial charge in [-0.3, -0.25) is 0 Å². The maximum absolute atomic E-state index is 13.7. The molecule has 0 radical (unpaired) electrons. The molecule has 6 nitrogen and oxygen atoms in total. The van der Waals surface area contributed by atoms with Crippen LogP contribution < -0.4 is 16.0 Å². The molecular weight excluding hydrogens is 465 g/mol. The number of alkyl halides is 3. The van der Waals surface area contributed by atoms with Crippen LogP contribution in [-0.4, -0.2) is 41.5 Å². The molecule has 9 heteroatoms. The second-order valence-corrected chi connectivity index (χ2v) is 9.11. The first-order valence-electron chi connectivity index (χ1n) is 11.9. The van der Waals surface area contributed by atoms with Crippen molar-refractivity contribution in [3.05, 3.63) is 78.0 Å². The van der Waals surface area contributed by atoms with Crippen molar-refractivity contribution in [2.45, 2.75) is 31.9 Å². The van der Waals surface area contributed by atoms with Crippen LogP contribution in [-0.2, 0) is 6.18 Å². The molecular formula is C27H31F3N6. The molecule has 3 N–H and O–H groups in total. The molecule has 4 rings (SSSR count). The Labute approximate surface area is 209 Å². The first kappa shape index (κ1) is 25.5. The SMILES string of the molecule is C=CCNc1cccc(Nc2nc(Nc3ccc(C4CCN(C)CC4)cc3C)ncc2C(F)(F)F)c1. The zero-order valence-electron chi connectivity index (χ0n) is 20.5. The van der Waals surface area contributed by atoms with Gasteiger partial charge in [0, 0.05) is 29.8 Å². The molecule has 1 aliphatic heterocycles. The molecule has 0 unspecified atom stereocenters. The minimum absolute atomic E-state index is 0.0848. The van der Waals surface area contributed by atoms with E-state index in [1.54, 1.807) is 24.3 Å². The molecule has 190 valence electrons. The minimum atomic E-state index is -4.61. The molecule has 0 spiro atoms. The van der Waals surface area contributed by atoms with E-state index in [0.717, 1.165) is 49.1 Å². The number of aromatic nitrogens is 2. The predicted molar refractivity (Wildman–Crippen MR) is 139 cm³/mol. The molecule has 1 fully saturated rings. The Hall–Kier alpha value is -3.59. The Morgan fingerprint density at radius 2 is 1.83 bits per heavy atom. The number of benzene rings is 2. The summed E-state index contributed by atoms with van der Waals surface area (Å²) in [7, 11) is 2.14. The Morgan fingerprint density at radius 1 is 1.08 bits per heavy atom. The Bertz CT molecular complexity index is 1200. The van der Waals surface area contributed by atoms with Gasteiger partial charge in [-0.25, -0.2) is 4.98 Å². The van der Waals surface area contributed by atoms with Crippen molar-refractivity contribution < 1.29 is 13.2 Å². The fourth-order valence-electron chi connectivity index (χ4n) is 4.32. The number of likely N-dealkylation sites (tertiary alicyclic amines) is 1. The standard InChI is InChI=1S/C27H31F3N6/c1-4-12-31-21-6-5-7-22(16-21)33-25-23(27(28,29)30)17-32-26(35-25)34-24-9-8-20(15-18(24)2)19-10-13-36(3)14-11-19/h4-9,15-17,19,31H,1,10-14H2,2-3H3,(H2,32,33,34,35). The van der Waals surface area contributed by atoms with E-state index in [1.165, 1.54) is 5.56 Å². The lowest BCUT2D eigenvalue weighted by Crippen LogP contribution is -2.29. The molecule has 0 atom stereocenters. The van der Waals surface area contributed by atoms with Crippen molar-refractivity contribution in [1.82, 2.24) is 14.9 Å². The molecule has 2 aromatic carbocycles. The highest BCUT2D eigenvalue weighted by molar-refractivity contribution is 5.67. The zero-order chi connectivity index (χ0) is 25.7. The average molecular weight is 497 g/mol. The fraction of sp³-hybridized carbons (Fsp3) is 0.333. The number of piperidine rings is 1. The second-order valence-electron chi connectivity index (χ2n) is 9.11. The molecule has 0 saturated carbocycles. The number of anilines is 5. The molecule has 1 aromatic heterocycles. The van der Waals surface area contributed by atoms with Gasteiger partial charge in [0.2, 0.25) is 5.95 Å². The normalized spacial score (nSPS) is 14.9. The summed E-state index contributed by atoms with van der Waals surface area (Å²) >= 11 is 0. The summed E-state index contributed by atoms with van der Waals surface area (Å²) in [5.74, 6) is 0.284. The molecule has 1 aliphatic rings. The van der Waals surface area contributed by atoms with Crippen molar-refractivity contribution in [3.8, 4) is 0 Å². The second kappa shape index (κ2) is 11.0. The summed E-state index contributed by atoms with van der Waals surface area (Å²) in [4.78, 5) is 10.5. The Morgan fingerprint density at radius 3 is 2.53 bits per heavy atom. The molecule has 1 saturated heterocycles. The summed E-state index contributed by atoms with van der Waals surface area (Å²) in [6, 6.07) is 13.1. The first-order chi connectivity index (χ1) is 17.2. The third-order valence-corrected chi connectivity index (χ3v) is 6.36. The van der Waals surface area contributed by atoms with Crippen LogP contribution in [0.3, 0.4) is 0 Å². The van der Waals surface area contributed by atoms with Gasteiger partial charge in [0.1, 0.15) is 11.4 Å². The van der Waals surface area contributed by atoms with E-state index in [4.69, 9.17) is 0 Å². The molecule has 36 heavy (non-hydrogen) atoms. The summed E-state index contributed by atoms with van der Waals surface area (Å²) in [5, 5.41) is 9.02. The van der Waals surface area contributed by atoms with Gasteiger partial charge in [-0.1, -0.05) is 24.3 Å². The van der Waals surface area contributed by atoms with Crippen LogP contribution in [0.1, 0.15) is 35.4 Å². The molecule has 0 amide bonds. The van der Waals surface area contributed by atoms with Gasteiger partial charge in [0.15, 0.2) is 0 Å². The van der Waals surface area contributed by atoms with Gasteiger partial charge in [0.05, 0.1) is 0 Å². The topological polar surface area (TPSA) is 65.1 Å². The van der Waals surface area contributed by atoms with Crippen molar-refractivity contribution in [3.63, 3.8) is 0 Å². The monoisotopic (exact) mass is 496 g/mol. The Kier molecular flexibility index (Phi) is 7.79. The molecule has 3 aromatic rings. The molecule has 0 aliphatic carbocycles. The van der Waals surface area contributed by atoms with Crippen LogP contribution in [0, 0.1) is 6.92 Å². The lowest BCUT2D eigenvalue weighted by atomic mass is 9.88. The van der Waals surface area contributed by atoms with E-state index in [2.05, 4.69) is 56.6 Å². The van der Waals surface area contributed by atoms with E-state index >= 15 is 0 Å². The number of hydrogen-bond acceptors (Lipinski definition) is 6. The zero-order valence-corrected chi connectivity index (χ0v) is 20.5. The van der Waals surface area contributed by atoms with Crippen molar-refractivity contribution in [2.75, 3.05) is 42.6 Å². The fourth-order valence-corrected chi connectivity index (χ4v) is 4.32. The third-order valence-electron chi connectivity index (χ3n) is 6.36. The maximum Gasteiger partial charge on any atom is 0.421 e. The van der Waals surface area contributed by atoms with E-state index in [-0.39, 0.29) is 11.8 Å². The number of halogens is 3. The van der Waals surface area contributed by atoms with E-state index in [0.29, 0.717) is 18.2 Å². The van der Waals surface area contributed by atoms with Crippen LogP contribution in [0.5, 0.6) is 0 Å². The van der Waals surface area contributed by atoms with Gasteiger partial charge in [-0.2, -0.15) is 18.2 Å². The highest BCUT2D eigenvalue weighted by Gasteiger charge is 2.35. The van der Waals surface area contributed by atoms with Crippen LogP contribution in [0.2, 0.25) is 0 Å². The summed E-state index contributed by atoms with van der Waals surface area (Å²) < 4.78 is 41.1. The van der Waals surface area contributed by atoms with Crippen molar-refractivity contribution >= 4 is 28.8 Å². The maximum atomic E-state index is 13.7. The van der Waals surface area contributed by atoms with E-state index in [9.17, 15) is 13.2 Å². The number of nitrogens with one attached hydrogen (secondary N) is 3. The van der Waals surface area contributed by atoms with E-state index < -0.39 is 11.7 Å². The number of nitrogens with zero attached hydrogens (tertiary/aromatic N) is 3. The van der Waals surface area contributed by atoms with Crippen LogP contribution >= 0.6 is 0 Å². The number of hydrogen-bond donors (Lipinski definition) is 3. The highest BCUT2D eigenvalue weighted by atomic mass is 19.4. The molecule has 0 bridgehead atoms. The summed E-state index contributed by atoms with van der Waals surface area (Å²) in [6.07, 6.45) is 0.131. The summed E-state index contributed by atoms with van der Waals surface area (Å²) in [5.41, 5.74) is 3.32. The first-order valence-corrected chi connectivity index (χ1v) is 11.9. The minimum Gasteiger partial charge on any atom is -0.382 e. The van der Waals surface area contributed by atoms with Gasteiger partial charge in [-0.05, 0) is 81.2 Å². The average Bonchev–Trinajstić information content (AvgIpc) is 2.84.